The summed E-state index contributed by atoms with van der Waals surface area (Å²) in [7, 11) is 1.57. The molecule has 1 aromatic heterocycles. The van der Waals surface area contributed by atoms with Gasteiger partial charge in [-0.05, 0) is 67.8 Å². The molecule has 5 nitrogen and oxygen atoms in total. The van der Waals surface area contributed by atoms with E-state index in [0.29, 0.717) is 32.8 Å². The van der Waals surface area contributed by atoms with Gasteiger partial charge in [0.2, 0.25) is 0 Å². The molecule has 0 unspecified atom stereocenters. The van der Waals surface area contributed by atoms with Crippen molar-refractivity contribution in [2.24, 2.45) is 0 Å². The van der Waals surface area contributed by atoms with Crippen molar-refractivity contribution in [2.75, 3.05) is 7.11 Å². The number of carbonyl (C=O) groups excluding carboxylic acids is 1. The lowest BCUT2D eigenvalue weighted by Crippen LogP contribution is -1.99. The van der Waals surface area contributed by atoms with Crippen molar-refractivity contribution in [3.8, 4) is 11.5 Å². The zero-order valence-corrected chi connectivity index (χ0v) is 16.3. The zero-order valence-electron chi connectivity index (χ0n) is 13.2. The van der Waals surface area contributed by atoms with Gasteiger partial charge in [0.1, 0.15) is 16.8 Å². The number of rotatable bonds is 5. The number of hydrogen-bond donors (Lipinski definition) is 0. The van der Waals surface area contributed by atoms with E-state index in [1.807, 2.05) is 24.3 Å². The van der Waals surface area contributed by atoms with Gasteiger partial charge in [0.25, 0.3) is 0 Å². The van der Waals surface area contributed by atoms with Crippen molar-refractivity contribution in [3.63, 3.8) is 0 Å². The van der Waals surface area contributed by atoms with Crippen LogP contribution in [0.15, 0.2) is 57.3 Å². The molecule has 0 atom stereocenters. The maximum absolute atomic E-state index is 11.5. The van der Waals surface area contributed by atoms with Gasteiger partial charge in [0.05, 0.1) is 17.3 Å². The van der Waals surface area contributed by atoms with E-state index in [9.17, 15) is 4.79 Å². The maximum atomic E-state index is 11.5. The van der Waals surface area contributed by atoms with Crippen LogP contribution in [0.1, 0.15) is 11.3 Å². The van der Waals surface area contributed by atoms with Crippen LogP contribution in [-0.4, -0.2) is 18.1 Å². The molecule has 7 heteroatoms. The number of cyclic esters (lactones) is 1. The number of ether oxygens (including phenoxy) is 3. The number of methoxy groups -OCH3 is 1. The normalized spacial score (nSPS) is 15.5. The number of aromatic nitrogens is 1. The quantitative estimate of drug-likeness (QED) is 0.604. The molecule has 0 radical (unpaired) electrons. The second-order valence-electron chi connectivity index (χ2n) is 5.05. The molecule has 1 aliphatic rings. The van der Waals surface area contributed by atoms with E-state index in [0.717, 1.165) is 11.3 Å². The summed E-state index contributed by atoms with van der Waals surface area (Å²) >= 11 is 6.50. The molecule has 128 valence electrons. The van der Waals surface area contributed by atoms with Crippen LogP contribution in [0.4, 0.5) is 0 Å². The molecule has 0 saturated heterocycles. The minimum absolute atomic E-state index is 0.344. The molecule has 25 heavy (non-hydrogen) atoms. The second kappa shape index (κ2) is 7.84. The van der Waals surface area contributed by atoms with E-state index in [2.05, 4.69) is 36.8 Å². The summed E-state index contributed by atoms with van der Waals surface area (Å²) in [5, 5.41) is 0. The lowest BCUT2D eigenvalue weighted by Gasteiger charge is -2.11. The highest BCUT2D eigenvalue weighted by Crippen LogP contribution is 2.36. The van der Waals surface area contributed by atoms with Crippen LogP contribution in [0, 0.1) is 0 Å². The Bertz CT molecular complexity index is 863. The van der Waals surface area contributed by atoms with Crippen LogP contribution in [0.3, 0.4) is 0 Å². The highest BCUT2D eigenvalue weighted by molar-refractivity contribution is 9.14. The Morgan fingerprint density at radius 1 is 1.16 bits per heavy atom. The molecule has 3 rings (SSSR count). The molecule has 0 aliphatic carbocycles. The van der Waals surface area contributed by atoms with Gasteiger partial charge in [-0.3, -0.25) is 4.98 Å². The number of esters is 1. The smallest absolute Gasteiger partial charge is 0.351 e. The third-order valence-electron chi connectivity index (χ3n) is 3.38. The third kappa shape index (κ3) is 4.11. The Balaban J connectivity index is 1.79. The Labute approximate surface area is 161 Å². The molecule has 0 spiro atoms. The fourth-order valence-corrected chi connectivity index (χ4v) is 2.79. The summed E-state index contributed by atoms with van der Waals surface area (Å²) < 4.78 is 17.3. The molecule has 0 amide bonds. The van der Waals surface area contributed by atoms with Gasteiger partial charge < -0.3 is 14.2 Å². The first-order chi connectivity index (χ1) is 12.1. The van der Waals surface area contributed by atoms with Gasteiger partial charge in [-0.25, -0.2) is 4.79 Å². The molecule has 0 bridgehead atoms. The number of halogens is 2. The summed E-state index contributed by atoms with van der Waals surface area (Å²) in [5.74, 6) is 1.18. The molecule has 1 aromatic carbocycles. The van der Waals surface area contributed by atoms with E-state index in [-0.39, 0.29) is 0 Å². The van der Waals surface area contributed by atoms with Crippen molar-refractivity contribution in [3.05, 3.63) is 68.6 Å². The zero-order chi connectivity index (χ0) is 17.8. The fraction of sp³-hybridized carbons (Fsp3) is 0.111. The molecular formula is C18H13Br2NO4. The van der Waals surface area contributed by atoms with E-state index < -0.39 is 5.97 Å². The van der Waals surface area contributed by atoms with Crippen molar-refractivity contribution < 1.29 is 19.0 Å². The van der Waals surface area contributed by atoms with Gasteiger partial charge in [-0.15, -0.1) is 0 Å². The number of carbonyl (C=O) groups is 1. The Morgan fingerprint density at radius 3 is 2.64 bits per heavy atom. The highest BCUT2D eigenvalue weighted by Gasteiger charge is 2.26. The summed E-state index contributed by atoms with van der Waals surface area (Å²) in [4.78, 5) is 15.8. The Kier molecular flexibility index (Phi) is 5.55. The maximum Gasteiger partial charge on any atom is 0.351 e. The van der Waals surface area contributed by atoms with Gasteiger partial charge in [-0.2, -0.15) is 0 Å². The summed E-state index contributed by atoms with van der Waals surface area (Å²) in [6, 6.07) is 11.1. The first-order valence-electron chi connectivity index (χ1n) is 7.28. The van der Waals surface area contributed by atoms with Gasteiger partial charge in [0, 0.05) is 6.20 Å². The third-order valence-corrected chi connectivity index (χ3v) is 5.42. The topological polar surface area (TPSA) is 57.7 Å². The number of nitrogens with zero attached hydrogens (tertiary/aromatic N) is 1. The monoisotopic (exact) mass is 465 g/mol. The van der Waals surface area contributed by atoms with Gasteiger partial charge >= 0.3 is 5.97 Å². The fourth-order valence-electron chi connectivity index (χ4n) is 2.16. The standard InChI is InChI=1S/C18H13Br2NO4/c1-23-14-8-11(9-15-16(19)17(20)18(22)25-15)5-6-13(14)24-10-12-4-2-3-7-21-12/h2-9H,10H2,1H3/b15-9-. The number of benzene rings is 1. The summed E-state index contributed by atoms with van der Waals surface area (Å²) in [6.07, 6.45) is 3.46. The molecule has 1 aliphatic heterocycles. The van der Waals surface area contributed by atoms with Crippen LogP contribution < -0.4 is 9.47 Å². The highest BCUT2D eigenvalue weighted by atomic mass is 79.9. The predicted molar refractivity (Wildman–Crippen MR) is 101 cm³/mol. The molecule has 0 N–H and O–H groups in total. The summed E-state index contributed by atoms with van der Waals surface area (Å²) in [5.41, 5.74) is 1.64. The number of allylic oxidation sites excluding steroid dienone is 1. The molecular weight excluding hydrogens is 454 g/mol. The van der Waals surface area contributed by atoms with Crippen LogP contribution in [0.2, 0.25) is 0 Å². The van der Waals surface area contributed by atoms with Crippen molar-refractivity contribution in [1.82, 2.24) is 4.98 Å². The lowest BCUT2D eigenvalue weighted by molar-refractivity contribution is -0.132. The first-order valence-corrected chi connectivity index (χ1v) is 8.87. The number of pyridine rings is 1. The van der Waals surface area contributed by atoms with Crippen LogP contribution in [0.5, 0.6) is 11.5 Å². The summed E-state index contributed by atoms with van der Waals surface area (Å²) in [6.45, 7) is 0.344. The second-order valence-corrected chi connectivity index (χ2v) is 6.63. The predicted octanol–water partition coefficient (Wildman–Crippen LogP) is 4.57. The van der Waals surface area contributed by atoms with Crippen LogP contribution >= 0.6 is 31.9 Å². The van der Waals surface area contributed by atoms with E-state index in [1.54, 1.807) is 31.5 Å². The SMILES string of the molecule is COc1cc(/C=C2\OC(=O)C(Br)=C2Br)ccc1OCc1ccccn1. The van der Waals surface area contributed by atoms with Crippen molar-refractivity contribution in [2.45, 2.75) is 6.61 Å². The Morgan fingerprint density at radius 2 is 2.00 bits per heavy atom. The first kappa shape index (κ1) is 17.7. The van der Waals surface area contributed by atoms with Crippen LogP contribution in [0.25, 0.3) is 6.08 Å². The molecule has 0 fully saturated rings. The van der Waals surface area contributed by atoms with Crippen LogP contribution in [-0.2, 0) is 16.1 Å². The number of hydrogen-bond acceptors (Lipinski definition) is 5. The van der Waals surface area contributed by atoms with E-state index >= 15 is 0 Å². The van der Waals surface area contributed by atoms with E-state index in [1.165, 1.54) is 0 Å². The average molecular weight is 467 g/mol. The lowest BCUT2D eigenvalue weighted by atomic mass is 10.1. The van der Waals surface area contributed by atoms with Crippen molar-refractivity contribution >= 4 is 43.9 Å². The van der Waals surface area contributed by atoms with Gasteiger partial charge in [-0.1, -0.05) is 12.1 Å². The Hall–Kier alpha value is -2.12. The molecule has 2 aromatic rings. The molecule has 2 heterocycles. The van der Waals surface area contributed by atoms with Gasteiger partial charge in [0.15, 0.2) is 11.5 Å². The van der Waals surface area contributed by atoms with E-state index in [4.69, 9.17) is 14.2 Å². The molecule has 0 saturated carbocycles. The minimum Gasteiger partial charge on any atom is -0.493 e. The van der Waals surface area contributed by atoms with Crippen molar-refractivity contribution in [1.29, 1.82) is 0 Å². The largest absolute Gasteiger partial charge is 0.493 e. The average Bonchev–Trinajstić information content (AvgIpc) is 2.88. The minimum atomic E-state index is -0.430.